The molecule has 4 atom stereocenters. The molecule has 0 amide bonds. The first-order valence-corrected chi connectivity index (χ1v) is 10.2. The highest BCUT2D eigenvalue weighted by molar-refractivity contribution is 7.51. The molecule has 26 heavy (non-hydrogen) atoms. The van der Waals surface area contributed by atoms with Crippen molar-refractivity contribution in [2.24, 2.45) is 0 Å². The van der Waals surface area contributed by atoms with Crippen LogP contribution < -0.4 is 5.09 Å². The fourth-order valence-electron chi connectivity index (χ4n) is 2.15. The first kappa shape index (κ1) is 23.2. The van der Waals surface area contributed by atoms with E-state index >= 15 is 0 Å². The van der Waals surface area contributed by atoms with Crippen molar-refractivity contribution in [2.75, 3.05) is 20.8 Å². The predicted molar refractivity (Wildman–Crippen MR) is 82.5 cm³/mol. The van der Waals surface area contributed by atoms with Crippen molar-refractivity contribution in [3.05, 3.63) is 0 Å². The Morgan fingerprint density at radius 2 is 1.54 bits per heavy atom. The lowest BCUT2D eigenvalue weighted by Gasteiger charge is -2.41. The van der Waals surface area contributed by atoms with E-state index in [1.54, 1.807) is 0 Å². The number of rotatable bonds is 8. The van der Waals surface area contributed by atoms with Crippen molar-refractivity contribution in [2.45, 2.75) is 38.4 Å². The van der Waals surface area contributed by atoms with Crippen molar-refractivity contribution in [3.63, 3.8) is 0 Å². The molecule has 152 valence electrons. The van der Waals surface area contributed by atoms with Crippen LogP contribution in [0.4, 0.5) is 0 Å². The summed E-state index contributed by atoms with van der Waals surface area (Å²) < 4.78 is 52.5. The molecule has 1 rings (SSSR count). The van der Waals surface area contributed by atoms with Gasteiger partial charge in [-0.05, 0) is 0 Å². The lowest BCUT2D eigenvalue weighted by Crippen LogP contribution is -2.60. The Hall–Kier alpha value is -0.880. The van der Waals surface area contributed by atoms with E-state index in [1.165, 1.54) is 0 Å². The third-order valence-corrected chi connectivity index (χ3v) is 5.17. The molecule has 15 heteroatoms. The zero-order chi connectivity index (χ0) is 20.1. The van der Waals surface area contributed by atoms with Gasteiger partial charge in [-0.25, -0.2) is 14.2 Å². The van der Waals surface area contributed by atoms with Gasteiger partial charge in [0, 0.05) is 28.1 Å². The van der Waals surface area contributed by atoms with E-state index in [2.05, 4.69) is 9.61 Å². The molecule has 0 aromatic rings. The third-order valence-electron chi connectivity index (χ3n) is 3.08. The number of carbonyl (C=O) groups excluding carboxylic acids is 2. The Morgan fingerprint density at radius 1 is 1.04 bits per heavy atom. The van der Waals surface area contributed by atoms with Crippen LogP contribution in [-0.4, -0.2) is 67.1 Å². The van der Waals surface area contributed by atoms with Crippen molar-refractivity contribution in [1.82, 2.24) is 5.09 Å². The van der Waals surface area contributed by atoms with E-state index in [4.69, 9.17) is 33.0 Å². The summed E-state index contributed by atoms with van der Waals surface area (Å²) in [5.41, 5.74) is 0. The second-order valence-corrected chi connectivity index (χ2v) is 8.22. The number of esters is 2. The van der Waals surface area contributed by atoms with Crippen LogP contribution in [0.1, 0.15) is 13.8 Å². The Labute approximate surface area is 149 Å². The number of hydrogen-bond donors (Lipinski definition) is 3. The molecule has 0 radical (unpaired) electrons. The van der Waals surface area contributed by atoms with Gasteiger partial charge in [-0.1, -0.05) is 0 Å². The Balaban J connectivity index is 3.18. The van der Waals surface area contributed by atoms with Crippen LogP contribution in [0.25, 0.3) is 0 Å². The molecule has 1 saturated heterocycles. The van der Waals surface area contributed by atoms with Crippen molar-refractivity contribution in [3.8, 4) is 0 Å². The van der Waals surface area contributed by atoms with E-state index < -0.39 is 58.7 Å². The molecule has 0 bridgehead atoms. The highest BCUT2D eigenvalue weighted by Gasteiger charge is 2.49. The minimum Gasteiger partial charge on any atom is -0.457 e. The first-order valence-electron chi connectivity index (χ1n) is 7.10. The molecule has 0 aliphatic carbocycles. The van der Waals surface area contributed by atoms with Gasteiger partial charge in [-0.2, -0.15) is 0 Å². The topological polar surface area (TPSA) is 176 Å². The summed E-state index contributed by atoms with van der Waals surface area (Å²) >= 11 is 0. The smallest absolute Gasteiger partial charge is 0.457 e. The lowest BCUT2D eigenvalue weighted by atomic mass is 10.0. The molecular weight excluding hydrogens is 400 g/mol. The number of phosphoric ester groups is 1. The monoisotopic (exact) mass is 421 g/mol. The average Bonchev–Trinajstić information content (AvgIpc) is 2.50. The molecule has 1 fully saturated rings. The summed E-state index contributed by atoms with van der Waals surface area (Å²) in [4.78, 5) is 40.8. The number of carbonyl (C=O) groups is 2. The largest absolute Gasteiger partial charge is 0.472 e. The van der Waals surface area contributed by atoms with E-state index in [0.29, 0.717) is 0 Å². The zero-order valence-electron chi connectivity index (χ0n) is 14.4. The summed E-state index contributed by atoms with van der Waals surface area (Å²) in [5, 5.41) is 2.44. The van der Waals surface area contributed by atoms with Gasteiger partial charge < -0.3 is 33.0 Å². The molecule has 0 aromatic carbocycles. The molecule has 3 N–H and O–H groups in total. The van der Waals surface area contributed by atoms with Crippen LogP contribution >= 0.6 is 15.6 Å². The van der Waals surface area contributed by atoms with Crippen molar-refractivity contribution >= 4 is 27.5 Å². The molecule has 0 saturated carbocycles. The van der Waals surface area contributed by atoms with Crippen LogP contribution in [-0.2, 0) is 46.5 Å². The van der Waals surface area contributed by atoms with Crippen LogP contribution in [0.3, 0.4) is 0 Å². The highest BCUT2D eigenvalue weighted by Crippen LogP contribution is 2.45. The Kier molecular flexibility index (Phi) is 8.33. The third kappa shape index (κ3) is 7.03. The van der Waals surface area contributed by atoms with E-state index in [-0.39, 0.29) is 0 Å². The van der Waals surface area contributed by atoms with E-state index in [0.717, 1.165) is 28.1 Å². The Bertz CT molecular complexity index is 598. The number of phosphoric acid groups is 1. The molecule has 1 heterocycles. The van der Waals surface area contributed by atoms with Crippen molar-refractivity contribution in [1.29, 1.82) is 0 Å². The maximum absolute atomic E-state index is 12.3. The average molecular weight is 421 g/mol. The van der Waals surface area contributed by atoms with Gasteiger partial charge in [0.2, 0.25) is 6.29 Å². The summed E-state index contributed by atoms with van der Waals surface area (Å²) in [7, 11) is -6.63. The predicted octanol–water partition coefficient (Wildman–Crippen LogP) is -0.326. The second kappa shape index (κ2) is 9.36. The van der Waals surface area contributed by atoms with Crippen LogP contribution in [0.15, 0.2) is 0 Å². The quantitative estimate of drug-likeness (QED) is 0.343. The van der Waals surface area contributed by atoms with E-state index in [1.807, 2.05) is 0 Å². The van der Waals surface area contributed by atoms with Gasteiger partial charge in [-0.15, -0.1) is 0 Å². The van der Waals surface area contributed by atoms with Gasteiger partial charge in [0.05, 0.1) is 12.6 Å². The summed E-state index contributed by atoms with van der Waals surface area (Å²) in [6.07, 6.45) is -4.69. The molecular formula is C11H21NO12P2. The fraction of sp³-hybridized carbons (Fsp3) is 0.818. The Morgan fingerprint density at radius 3 is 1.96 bits per heavy atom. The highest BCUT2D eigenvalue weighted by atomic mass is 31.2. The first-order chi connectivity index (χ1) is 11.9. The summed E-state index contributed by atoms with van der Waals surface area (Å²) in [6, 6.07) is -1.08. The molecule has 13 nitrogen and oxygen atoms in total. The molecule has 0 spiro atoms. The van der Waals surface area contributed by atoms with Gasteiger partial charge in [-0.3, -0.25) is 14.1 Å². The molecule has 1 aliphatic rings. The van der Waals surface area contributed by atoms with Crippen LogP contribution in [0, 0.1) is 0 Å². The SMILES string of the molecule is COP(=O)(N[C@H]1CO[C@H](OP(=O)(O)O)[C@H](OC(C)=O)[C@H]1OC(C)=O)OC. The van der Waals surface area contributed by atoms with Gasteiger partial charge >= 0.3 is 27.5 Å². The normalized spacial score (nSPS) is 27.0. The van der Waals surface area contributed by atoms with Crippen LogP contribution in [0.5, 0.6) is 0 Å². The van der Waals surface area contributed by atoms with Crippen LogP contribution in [0.2, 0.25) is 0 Å². The standard InChI is InChI=1S/C11H21NO12P2/c1-6(13)22-9-8(12-25(15,19-3)20-4)5-21-11(24-26(16,17)18)10(9)23-7(2)14/h8-11H,5H2,1-4H3,(H,12,15)(H2,16,17,18)/t8-,9-,10+,11+/m0/s1. The van der Waals surface area contributed by atoms with Gasteiger partial charge in [0.25, 0.3) is 0 Å². The maximum Gasteiger partial charge on any atom is 0.472 e. The molecule has 0 aromatic heterocycles. The molecule has 1 aliphatic heterocycles. The minimum atomic E-state index is -5.03. The number of nitrogens with one attached hydrogen (secondary N) is 1. The lowest BCUT2D eigenvalue weighted by molar-refractivity contribution is -0.239. The molecule has 0 unspecified atom stereocenters. The number of hydrogen-bond acceptors (Lipinski definition) is 10. The maximum atomic E-state index is 12.3. The minimum absolute atomic E-state index is 0.392. The second-order valence-electron chi connectivity index (χ2n) is 5.04. The van der Waals surface area contributed by atoms with Gasteiger partial charge in [0.15, 0.2) is 12.2 Å². The van der Waals surface area contributed by atoms with Crippen molar-refractivity contribution < 1.29 is 56.3 Å². The summed E-state index contributed by atoms with van der Waals surface area (Å²) in [6.45, 7) is 1.69. The number of ether oxygens (including phenoxy) is 3. The summed E-state index contributed by atoms with van der Waals surface area (Å²) in [5.74, 6) is -1.67. The van der Waals surface area contributed by atoms with E-state index in [9.17, 15) is 18.7 Å². The fourth-order valence-corrected chi connectivity index (χ4v) is 3.59. The zero-order valence-corrected chi connectivity index (χ0v) is 16.2. The van der Waals surface area contributed by atoms with Gasteiger partial charge in [0.1, 0.15) is 0 Å².